The Bertz CT molecular complexity index is 753. The maximum Gasteiger partial charge on any atom is 0.387 e. The first-order valence-corrected chi connectivity index (χ1v) is 6.39. The van der Waals surface area contributed by atoms with Crippen LogP contribution in [-0.4, -0.2) is 17.2 Å². The number of hydrogen-bond donors (Lipinski definition) is 1. The highest BCUT2D eigenvalue weighted by atomic mass is 19.3. The van der Waals surface area contributed by atoms with Crippen molar-refractivity contribution < 1.29 is 28.2 Å². The first-order valence-electron chi connectivity index (χ1n) is 6.39. The number of benzene rings is 2. The van der Waals surface area contributed by atoms with Gasteiger partial charge in [0.2, 0.25) is 0 Å². The first-order chi connectivity index (χ1) is 9.84. The van der Waals surface area contributed by atoms with Crippen molar-refractivity contribution in [3.8, 4) is 17.2 Å². The maximum atomic E-state index is 14.1. The smallest absolute Gasteiger partial charge is 0.387 e. The predicted molar refractivity (Wildman–Crippen MR) is 70.9 cm³/mol. The van der Waals surface area contributed by atoms with Crippen LogP contribution in [0, 0.1) is 0 Å². The normalized spacial score (nSPS) is 16.1. The topological polar surface area (TPSA) is 55.8 Å². The summed E-state index contributed by atoms with van der Waals surface area (Å²) in [4.78, 5) is 11.4. The van der Waals surface area contributed by atoms with Crippen LogP contribution in [0.3, 0.4) is 0 Å². The number of carbonyl (C=O) groups excluding carboxylic acids is 1. The fourth-order valence-electron chi connectivity index (χ4n) is 2.37. The van der Waals surface area contributed by atoms with Crippen LogP contribution < -0.4 is 9.47 Å². The lowest BCUT2D eigenvalue weighted by molar-refractivity contribution is -0.157. The fraction of sp³-hybridized carbons (Fsp3) is 0.267. The van der Waals surface area contributed by atoms with Crippen LogP contribution in [0.1, 0.15) is 19.4 Å². The van der Waals surface area contributed by atoms with Crippen molar-refractivity contribution in [2.75, 3.05) is 0 Å². The third-order valence-electron chi connectivity index (χ3n) is 3.21. The van der Waals surface area contributed by atoms with Crippen molar-refractivity contribution in [3.63, 3.8) is 0 Å². The fourth-order valence-corrected chi connectivity index (χ4v) is 2.37. The number of ether oxygens (including phenoxy) is 2. The Morgan fingerprint density at radius 3 is 2.48 bits per heavy atom. The molecule has 6 heteroatoms. The number of halogens is 2. The van der Waals surface area contributed by atoms with Gasteiger partial charge in [-0.2, -0.15) is 8.78 Å². The first kappa shape index (κ1) is 13.6. The maximum absolute atomic E-state index is 14.1. The van der Waals surface area contributed by atoms with Crippen LogP contribution in [0.25, 0.3) is 10.8 Å². The van der Waals surface area contributed by atoms with E-state index in [1.165, 1.54) is 6.07 Å². The van der Waals surface area contributed by atoms with Gasteiger partial charge in [-0.25, -0.2) is 4.79 Å². The molecule has 3 rings (SSSR count). The van der Waals surface area contributed by atoms with E-state index in [1.54, 1.807) is 32.0 Å². The van der Waals surface area contributed by atoms with E-state index in [0.29, 0.717) is 0 Å². The molecule has 0 bridgehead atoms. The highest BCUT2D eigenvalue weighted by molar-refractivity contribution is 6.03. The molecule has 2 aromatic carbocycles. The molecule has 21 heavy (non-hydrogen) atoms. The highest BCUT2D eigenvalue weighted by Gasteiger charge is 2.55. The summed E-state index contributed by atoms with van der Waals surface area (Å²) in [6.45, 7) is 3.27. The summed E-state index contributed by atoms with van der Waals surface area (Å²) in [6.07, 6.45) is -0.451. The standard InChI is InChI=1S/C15H12F2O4/c1-7(2)20-13-10-12(21-14(19)15(10,16)17)9-6-4-3-5-8(9)11(13)18/h3-7,18H,1-2H3. The molecular weight excluding hydrogens is 282 g/mol. The molecule has 4 nitrogen and oxygen atoms in total. The van der Waals surface area contributed by atoms with Gasteiger partial charge in [0.15, 0.2) is 17.2 Å². The molecule has 0 radical (unpaired) electrons. The van der Waals surface area contributed by atoms with Gasteiger partial charge in [0, 0.05) is 10.8 Å². The highest BCUT2D eigenvalue weighted by Crippen LogP contribution is 2.55. The average Bonchev–Trinajstić information content (AvgIpc) is 2.66. The SMILES string of the molecule is CC(C)Oc1c2c(c3ccccc3c1O)OC(=O)C2(F)F. The quantitative estimate of drug-likeness (QED) is 0.681. The van der Waals surface area contributed by atoms with E-state index in [2.05, 4.69) is 0 Å². The Hall–Kier alpha value is -2.37. The zero-order chi connectivity index (χ0) is 15.4. The average molecular weight is 294 g/mol. The second kappa shape index (κ2) is 4.31. The monoisotopic (exact) mass is 294 g/mol. The summed E-state index contributed by atoms with van der Waals surface area (Å²) in [5.74, 6) is -6.59. The van der Waals surface area contributed by atoms with Crippen molar-refractivity contribution >= 4 is 16.7 Å². The number of phenolic OH excluding ortho intramolecular Hbond substituents is 1. The van der Waals surface area contributed by atoms with Gasteiger partial charge in [0.05, 0.1) is 6.10 Å². The summed E-state index contributed by atoms with van der Waals surface area (Å²) < 4.78 is 38.2. The second-order valence-corrected chi connectivity index (χ2v) is 5.06. The lowest BCUT2D eigenvalue weighted by Crippen LogP contribution is -2.23. The van der Waals surface area contributed by atoms with Gasteiger partial charge in [-0.1, -0.05) is 24.3 Å². The lowest BCUT2D eigenvalue weighted by Gasteiger charge is -2.18. The van der Waals surface area contributed by atoms with E-state index in [-0.39, 0.29) is 16.5 Å². The Kier molecular flexibility index (Phi) is 2.79. The minimum absolute atomic E-state index is 0.242. The number of phenols is 1. The van der Waals surface area contributed by atoms with Crippen LogP contribution in [0.4, 0.5) is 8.78 Å². The molecule has 1 aliphatic heterocycles. The zero-order valence-corrected chi connectivity index (χ0v) is 11.3. The molecule has 0 fully saturated rings. The number of rotatable bonds is 2. The number of aromatic hydroxyl groups is 1. The Labute approximate surface area is 118 Å². The number of esters is 1. The Balaban J connectivity index is 2.43. The van der Waals surface area contributed by atoms with E-state index in [0.717, 1.165) is 0 Å². The minimum Gasteiger partial charge on any atom is -0.504 e. The van der Waals surface area contributed by atoms with E-state index in [9.17, 15) is 18.7 Å². The molecule has 110 valence electrons. The van der Waals surface area contributed by atoms with Gasteiger partial charge in [0.25, 0.3) is 0 Å². The van der Waals surface area contributed by atoms with Crippen LogP contribution in [0.15, 0.2) is 24.3 Å². The van der Waals surface area contributed by atoms with Crippen molar-refractivity contribution in [2.45, 2.75) is 25.9 Å². The van der Waals surface area contributed by atoms with Crippen molar-refractivity contribution in [2.24, 2.45) is 0 Å². The van der Waals surface area contributed by atoms with E-state index >= 15 is 0 Å². The molecule has 0 spiro atoms. The number of carbonyl (C=O) groups is 1. The lowest BCUT2D eigenvalue weighted by atomic mass is 10.0. The Morgan fingerprint density at radius 2 is 1.86 bits per heavy atom. The molecule has 0 aromatic heterocycles. The van der Waals surface area contributed by atoms with Crippen LogP contribution >= 0.6 is 0 Å². The van der Waals surface area contributed by atoms with Crippen molar-refractivity contribution in [3.05, 3.63) is 29.8 Å². The zero-order valence-electron chi connectivity index (χ0n) is 11.3. The van der Waals surface area contributed by atoms with Crippen LogP contribution in [-0.2, 0) is 10.7 Å². The predicted octanol–water partition coefficient (Wildman–Crippen LogP) is 3.34. The molecule has 1 heterocycles. The summed E-state index contributed by atoms with van der Waals surface area (Å²) >= 11 is 0. The molecule has 0 amide bonds. The van der Waals surface area contributed by atoms with E-state index in [1.807, 2.05) is 0 Å². The van der Waals surface area contributed by atoms with Gasteiger partial charge in [-0.05, 0) is 13.8 Å². The van der Waals surface area contributed by atoms with Gasteiger partial charge < -0.3 is 14.6 Å². The van der Waals surface area contributed by atoms with Gasteiger partial charge >= 0.3 is 11.9 Å². The minimum atomic E-state index is -3.85. The molecule has 0 saturated carbocycles. The molecule has 0 unspecified atom stereocenters. The number of hydrogen-bond acceptors (Lipinski definition) is 4. The van der Waals surface area contributed by atoms with Crippen molar-refractivity contribution in [1.29, 1.82) is 0 Å². The second-order valence-electron chi connectivity index (χ2n) is 5.06. The molecule has 0 atom stereocenters. The van der Waals surface area contributed by atoms with E-state index < -0.39 is 35.1 Å². The molecule has 2 aromatic rings. The molecule has 1 aliphatic rings. The molecule has 1 N–H and O–H groups in total. The summed E-state index contributed by atoms with van der Waals surface area (Å²) in [5.41, 5.74) is -0.711. The third-order valence-corrected chi connectivity index (χ3v) is 3.21. The van der Waals surface area contributed by atoms with Gasteiger partial charge in [-0.3, -0.25) is 0 Å². The molecular formula is C15H12F2O4. The van der Waals surface area contributed by atoms with Crippen LogP contribution in [0.2, 0.25) is 0 Å². The van der Waals surface area contributed by atoms with Crippen LogP contribution in [0.5, 0.6) is 17.2 Å². The number of fused-ring (bicyclic) bond motifs is 3. The van der Waals surface area contributed by atoms with Gasteiger partial charge in [0.1, 0.15) is 5.56 Å². The molecule has 0 saturated heterocycles. The summed E-state index contributed by atoms with van der Waals surface area (Å²) in [6, 6.07) is 6.29. The van der Waals surface area contributed by atoms with Gasteiger partial charge in [-0.15, -0.1) is 0 Å². The van der Waals surface area contributed by atoms with E-state index in [4.69, 9.17) is 9.47 Å². The van der Waals surface area contributed by atoms with Crippen molar-refractivity contribution in [1.82, 2.24) is 0 Å². The summed E-state index contributed by atoms with van der Waals surface area (Å²) in [7, 11) is 0. The summed E-state index contributed by atoms with van der Waals surface area (Å²) in [5, 5.41) is 10.8. The molecule has 0 aliphatic carbocycles. The Morgan fingerprint density at radius 1 is 1.24 bits per heavy atom. The third kappa shape index (κ3) is 1.82. The number of alkyl halides is 2. The largest absolute Gasteiger partial charge is 0.504 e.